The van der Waals surface area contributed by atoms with E-state index in [4.69, 9.17) is 18.9 Å². The lowest BCUT2D eigenvalue weighted by Crippen LogP contribution is -2.49. The summed E-state index contributed by atoms with van der Waals surface area (Å²) in [6.07, 6.45) is -1.17. The molecule has 1 aromatic heterocycles. The van der Waals surface area contributed by atoms with Gasteiger partial charge in [-0.15, -0.1) is 0 Å². The fourth-order valence-corrected chi connectivity index (χ4v) is 4.26. The third-order valence-corrected chi connectivity index (χ3v) is 5.99. The molecule has 0 spiro atoms. The van der Waals surface area contributed by atoms with Crippen LogP contribution in [0, 0.1) is 11.6 Å². The van der Waals surface area contributed by atoms with Crippen LogP contribution in [0.15, 0.2) is 29.2 Å². The summed E-state index contributed by atoms with van der Waals surface area (Å²) in [4.78, 5) is 52.8. The summed E-state index contributed by atoms with van der Waals surface area (Å²) < 4.78 is 49.4. The SMILES string of the molecule is CC(C)OC(=O)OCOc1c2n(cc(C(=O)CCc3ccc(F)cc3F)c1=O)C[C@H]1OC[C@H](C)N1C2=O. The maximum atomic E-state index is 14.0. The number of ether oxygens (including phenoxy) is 4. The maximum Gasteiger partial charge on any atom is 0.511 e. The highest BCUT2D eigenvalue weighted by atomic mass is 19.1. The first kappa shape index (κ1) is 26.3. The molecule has 3 heterocycles. The Morgan fingerprint density at radius 1 is 1.22 bits per heavy atom. The third-order valence-electron chi connectivity index (χ3n) is 5.99. The van der Waals surface area contributed by atoms with Crippen LogP contribution >= 0.6 is 0 Å². The zero-order chi connectivity index (χ0) is 26.9. The van der Waals surface area contributed by atoms with E-state index in [2.05, 4.69) is 0 Å². The fraction of sp³-hybridized carbons (Fsp3) is 0.440. The number of halogens is 2. The van der Waals surface area contributed by atoms with Crippen LogP contribution in [0.25, 0.3) is 0 Å². The molecule has 1 aromatic carbocycles. The highest BCUT2D eigenvalue weighted by Crippen LogP contribution is 2.30. The lowest BCUT2D eigenvalue weighted by atomic mass is 10.0. The summed E-state index contributed by atoms with van der Waals surface area (Å²) in [5.41, 5.74) is -1.17. The molecule has 0 saturated carbocycles. The molecule has 198 valence electrons. The zero-order valence-electron chi connectivity index (χ0n) is 20.5. The number of hydrogen-bond acceptors (Lipinski definition) is 8. The molecule has 2 atom stereocenters. The minimum atomic E-state index is -1.04. The summed E-state index contributed by atoms with van der Waals surface area (Å²) >= 11 is 0. The quantitative estimate of drug-likeness (QED) is 0.297. The Hall–Kier alpha value is -3.80. The van der Waals surface area contributed by atoms with Crippen LogP contribution in [0.3, 0.4) is 0 Å². The molecule has 0 unspecified atom stereocenters. The number of amides is 1. The number of ketones is 1. The monoisotopic (exact) mass is 520 g/mol. The second-order valence-corrected chi connectivity index (χ2v) is 9.03. The minimum Gasteiger partial charge on any atom is -0.451 e. The van der Waals surface area contributed by atoms with Crippen LogP contribution < -0.4 is 10.2 Å². The highest BCUT2D eigenvalue weighted by Gasteiger charge is 2.43. The van der Waals surface area contributed by atoms with Gasteiger partial charge in [0.05, 0.1) is 30.9 Å². The van der Waals surface area contributed by atoms with Crippen LogP contribution in [-0.4, -0.2) is 59.1 Å². The predicted molar refractivity (Wildman–Crippen MR) is 123 cm³/mol. The van der Waals surface area contributed by atoms with E-state index in [0.717, 1.165) is 6.07 Å². The Balaban J connectivity index is 1.64. The van der Waals surface area contributed by atoms with Gasteiger partial charge in [-0.05, 0) is 38.8 Å². The van der Waals surface area contributed by atoms with Gasteiger partial charge < -0.3 is 28.4 Å². The molecular formula is C25H26F2N2O8. The first-order chi connectivity index (χ1) is 17.6. The van der Waals surface area contributed by atoms with E-state index in [1.165, 1.54) is 21.7 Å². The largest absolute Gasteiger partial charge is 0.511 e. The van der Waals surface area contributed by atoms with Crippen molar-refractivity contribution >= 4 is 17.8 Å². The van der Waals surface area contributed by atoms with Gasteiger partial charge in [-0.1, -0.05) is 6.07 Å². The van der Waals surface area contributed by atoms with Crippen LogP contribution in [-0.2, 0) is 27.2 Å². The number of hydrogen-bond donors (Lipinski definition) is 0. The second-order valence-electron chi connectivity index (χ2n) is 9.03. The average Bonchev–Trinajstić information content (AvgIpc) is 3.19. The summed E-state index contributed by atoms with van der Waals surface area (Å²) in [6, 6.07) is 2.76. The Bertz CT molecular complexity index is 1290. The number of Topliss-reactive ketones (excluding diaryl/α,β-unsaturated/α-hetero) is 1. The molecule has 2 aliphatic rings. The Labute approximate surface area is 210 Å². The van der Waals surface area contributed by atoms with E-state index in [0.29, 0.717) is 12.7 Å². The predicted octanol–water partition coefficient (Wildman–Crippen LogP) is 3.04. The molecule has 0 N–H and O–H groups in total. The highest BCUT2D eigenvalue weighted by molar-refractivity contribution is 6.00. The molecular weight excluding hydrogens is 494 g/mol. The molecule has 1 amide bonds. The van der Waals surface area contributed by atoms with Crippen molar-refractivity contribution in [3.63, 3.8) is 0 Å². The van der Waals surface area contributed by atoms with Gasteiger partial charge in [0.15, 0.2) is 17.7 Å². The lowest BCUT2D eigenvalue weighted by Gasteiger charge is -2.34. The Kier molecular flexibility index (Phi) is 7.58. The van der Waals surface area contributed by atoms with Crippen molar-refractivity contribution in [1.29, 1.82) is 0 Å². The van der Waals surface area contributed by atoms with Gasteiger partial charge in [0.1, 0.15) is 11.6 Å². The molecule has 0 aliphatic carbocycles. The zero-order valence-corrected chi connectivity index (χ0v) is 20.5. The average molecular weight is 520 g/mol. The van der Waals surface area contributed by atoms with Gasteiger partial charge in [0, 0.05) is 18.7 Å². The first-order valence-corrected chi connectivity index (χ1v) is 11.7. The molecule has 1 fully saturated rings. The van der Waals surface area contributed by atoms with Crippen molar-refractivity contribution in [2.75, 3.05) is 13.4 Å². The molecule has 12 heteroatoms. The molecule has 0 bridgehead atoms. The summed E-state index contributed by atoms with van der Waals surface area (Å²) in [7, 11) is 0. The van der Waals surface area contributed by atoms with E-state index >= 15 is 0 Å². The van der Waals surface area contributed by atoms with Crippen molar-refractivity contribution in [3.05, 3.63) is 63.1 Å². The Morgan fingerprint density at radius 2 is 1.97 bits per heavy atom. The van der Waals surface area contributed by atoms with Crippen molar-refractivity contribution in [2.45, 2.75) is 58.5 Å². The van der Waals surface area contributed by atoms with Crippen molar-refractivity contribution in [3.8, 4) is 5.75 Å². The third kappa shape index (κ3) is 5.48. The molecule has 1 saturated heterocycles. The number of nitrogens with zero attached hydrogens (tertiary/aromatic N) is 2. The normalized spacial score (nSPS) is 18.4. The lowest BCUT2D eigenvalue weighted by molar-refractivity contribution is -0.0109. The van der Waals surface area contributed by atoms with Gasteiger partial charge in [-0.3, -0.25) is 14.4 Å². The van der Waals surface area contributed by atoms with Crippen LogP contribution in [0.2, 0.25) is 0 Å². The van der Waals surface area contributed by atoms with Crippen molar-refractivity contribution < 1.29 is 42.1 Å². The summed E-state index contributed by atoms with van der Waals surface area (Å²) in [6.45, 7) is 4.71. The number of carbonyl (C=O) groups is 3. The smallest absolute Gasteiger partial charge is 0.451 e. The molecule has 2 aliphatic heterocycles. The van der Waals surface area contributed by atoms with Gasteiger partial charge in [-0.2, -0.15) is 0 Å². The maximum absolute atomic E-state index is 14.0. The van der Waals surface area contributed by atoms with E-state index < -0.39 is 59.8 Å². The van der Waals surface area contributed by atoms with Crippen molar-refractivity contribution in [1.82, 2.24) is 9.47 Å². The fourth-order valence-electron chi connectivity index (χ4n) is 4.26. The molecule has 0 radical (unpaired) electrons. The molecule has 4 rings (SSSR count). The first-order valence-electron chi connectivity index (χ1n) is 11.7. The number of carbonyl (C=O) groups excluding carboxylic acids is 3. The Morgan fingerprint density at radius 3 is 2.68 bits per heavy atom. The molecule has 10 nitrogen and oxygen atoms in total. The van der Waals surface area contributed by atoms with Gasteiger partial charge in [-0.25, -0.2) is 13.6 Å². The number of benzene rings is 1. The van der Waals surface area contributed by atoms with Crippen LogP contribution in [0.5, 0.6) is 5.75 Å². The minimum absolute atomic E-state index is 0.0809. The van der Waals surface area contributed by atoms with Gasteiger partial charge in [0.2, 0.25) is 18.0 Å². The number of fused-ring (bicyclic) bond motifs is 2. The van der Waals surface area contributed by atoms with E-state index in [1.807, 2.05) is 0 Å². The summed E-state index contributed by atoms with van der Waals surface area (Å²) in [5, 5.41) is 0. The van der Waals surface area contributed by atoms with Gasteiger partial charge in [0.25, 0.3) is 5.91 Å². The molecule has 37 heavy (non-hydrogen) atoms. The van der Waals surface area contributed by atoms with Crippen molar-refractivity contribution in [2.24, 2.45) is 0 Å². The number of pyridine rings is 1. The molecule has 2 aromatic rings. The van der Waals surface area contributed by atoms with E-state index in [1.54, 1.807) is 20.8 Å². The van der Waals surface area contributed by atoms with E-state index in [-0.39, 0.29) is 42.2 Å². The van der Waals surface area contributed by atoms with Crippen LogP contribution in [0.1, 0.15) is 53.6 Å². The number of aryl methyl sites for hydroxylation is 1. The second kappa shape index (κ2) is 10.7. The van der Waals surface area contributed by atoms with Crippen LogP contribution in [0.4, 0.5) is 13.6 Å². The van der Waals surface area contributed by atoms with Gasteiger partial charge >= 0.3 is 6.16 Å². The standard InChI is InChI=1S/C25H26F2N2O8/c1-13(2)37-25(33)36-12-35-23-21-24(32)29-14(3)11-34-20(29)10-28(21)9-17(22(23)31)19(30)7-5-15-4-6-16(26)8-18(15)27/h4,6,8-9,13-14,20H,5,7,10-12H2,1-3H3/t14-,20+/m0/s1. The number of rotatable bonds is 8. The topological polar surface area (TPSA) is 113 Å². The summed E-state index contributed by atoms with van der Waals surface area (Å²) in [5.74, 6) is -3.18. The van der Waals surface area contributed by atoms with E-state index in [9.17, 15) is 28.0 Å². The number of aromatic nitrogens is 1.